The fourth-order valence-corrected chi connectivity index (χ4v) is 1.91. The lowest BCUT2D eigenvalue weighted by atomic mass is 10.0. The van der Waals surface area contributed by atoms with Crippen LogP contribution < -0.4 is 5.73 Å². The first-order valence-electron chi connectivity index (χ1n) is 6.56. The maximum atomic E-state index is 5.98. The third-order valence-corrected chi connectivity index (χ3v) is 2.79. The Kier molecular flexibility index (Phi) is 10.0. The zero-order valence-corrected chi connectivity index (χ0v) is 10.7. The highest BCUT2D eigenvalue weighted by Crippen LogP contribution is 2.11. The van der Waals surface area contributed by atoms with Gasteiger partial charge in [-0.05, 0) is 19.8 Å². The number of unbranched alkanes of at least 4 members (excludes halogenated alkanes) is 6. The Labute approximate surface area is 96.1 Å². The summed E-state index contributed by atoms with van der Waals surface area (Å²) in [4.78, 5) is 0. The number of nitrogens with two attached hydrogens (primary N) is 1. The van der Waals surface area contributed by atoms with Crippen LogP contribution in [0.1, 0.15) is 71.6 Å². The van der Waals surface area contributed by atoms with Gasteiger partial charge in [0.05, 0.1) is 0 Å². The first-order chi connectivity index (χ1) is 7.16. The average Bonchev–Trinajstić information content (AvgIpc) is 2.15. The predicted molar refractivity (Wildman–Crippen MR) is 70.0 cm³/mol. The molecule has 1 atom stereocenters. The Morgan fingerprint density at radius 1 is 1.07 bits per heavy atom. The van der Waals surface area contributed by atoms with Crippen molar-refractivity contribution in [1.82, 2.24) is 0 Å². The van der Waals surface area contributed by atoms with E-state index in [2.05, 4.69) is 20.4 Å². The van der Waals surface area contributed by atoms with Crippen LogP contribution in [0.15, 0.2) is 12.2 Å². The van der Waals surface area contributed by atoms with Crippen molar-refractivity contribution in [2.75, 3.05) is 0 Å². The van der Waals surface area contributed by atoms with Crippen molar-refractivity contribution in [3.05, 3.63) is 12.2 Å². The van der Waals surface area contributed by atoms with E-state index in [1.54, 1.807) is 0 Å². The van der Waals surface area contributed by atoms with Gasteiger partial charge in [-0.2, -0.15) is 0 Å². The fourth-order valence-electron chi connectivity index (χ4n) is 1.91. The van der Waals surface area contributed by atoms with Gasteiger partial charge in [0.25, 0.3) is 0 Å². The van der Waals surface area contributed by atoms with Gasteiger partial charge in [-0.15, -0.1) is 6.58 Å². The molecule has 0 aromatic carbocycles. The van der Waals surface area contributed by atoms with Crippen LogP contribution in [-0.4, -0.2) is 6.04 Å². The third kappa shape index (κ3) is 11.6. The molecule has 15 heavy (non-hydrogen) atoms. The molecular formula is C14H29N. The van der Waals surface area contributed by atoms with Crippen molar-refractivity contribution in [3.63, 3.8) is 0 Å². The largest absolute Gasteiger partial charge is 0.327 e. The molecule has 0 aromatic heterocycles. The summed E-state index contributed by atoms with van der Waals surface area (Å²) >= 11 is 0. The lowest BCUT2D eigenvalue weighted by molar-refractivity contribution is 0.527. The topological polar surface area (TPSA) is 26.0 Å². The molecule has 0 aromatic rings. The highest BCUT2D eigenvalue weighted by Gasteiger charge is 2.01. The minimum absolute atomic E-state index is 0.346. The number of rotatable bonds is 10. The van der Waals surface area contributed by atoms with Gasteiger partial charge in [-0.25, -0.2) is 0 Å². The predicted octanol–water partition coefficient (Wildman–Crippen LogP) is 4.42. The molecule has 90 valence electrons. The van der Waals surface area contributed by atoms with Crippen LogP contribution in [0, 0.1) is 0 Å². The van der Waals surface area contributed by atoms with Crippen LogP contribution in [0.2, 0.25) is 0 Å². The summed E-state index contributed by atoms with van der Waals surface area (Å²) in [6.07, 6.45) is 11.8. The van der Waals surface area contributed by atoms with E-state index in [0.29, 0.717) is 6.04 Å². The van der Waals surface area contributed by atoms with E-state index in [1.165, 1.54) is 56.9 Å². The van der Waals surface area contributed by atoms with Crippen molar-refractivity contribution < 1.29 is 0 Å². The summed E-state index contributed by atoms with van der Waals surface area (Å²) in [6, 6.07) is 0.346. The van der Waals surface area contributed by atoms with Crippen molar-refractivity contribution in [1.29, 1.82) is 0 Å². The molecule has 0 aliphatic rings. The van der Waals surface area contributed by atoms with Gasteiger partial charge in [0, 0.05) is 6.04 Å². The first-order valence-corrected chi connectivity index (χ1v) is 6.56. The number of hydrogen-bond donors (Lipinski definition) is 1. The third-order valence-electron chi connectivity index (χ3n) is 2.79. The highest BCUT2D eigenvalue weighted by atomic mass is 14.6. The van der Waals surface area contributed by atoms with Gasteiger partial charge in [0.2, 0.25) is 0 Å². The van der Waals surface area contributed by atoms with E-state index in [-0.39, 0.29) is 0 Å². The summed E-state index contributed by atoms with van der Waals surface area (Å²) in [5.74, 6) is 0. The highest BCUT2D eigenvalue weighted by molar-refractivity contribution is 4.91. The van der Waals surface area contributed by atoms with E-state index < -0.39 is 0 Å². The molecule has 0 aliphatic carbocycles. The van der Waals surface area contributed by atoms with E-state index in [9.17, 15) is 0 Å². The molecule has 1 nitrogen and oxygen atoms in total. The van der Waals surface area contributed by atoms with Crippen molar-refractivity contribution in [2.45, 2.75) is 77.7 Å². The summed E-state index contributed by atoms with van der Waals surface area (Å²) in [6.45, 7) is 8.21. The monoisotopic (exact) mass is 211 g/mol. The second kappa shape index (κ2) is 10.2. The van der Waals surface area contributed by atoms with Gasteiger partial charge in [0.15, 0.2) is 0 Å². The Hall–Kier alpha value is -0.300. The maximum absolute atomic E-state index is 5.98. The van der Waals surface area contributed by atoms with Crippen LogP contribution >= 0.6 is 0 Å². The molecule has 0 aliphatic heterocycles. The second-order valence-electron chi connectivity index (χ2n) is 4.83. The summed E-state index contributed by atoms with van der Waals surface area (Å²) < 4.78 is 0. The van der Waals surface area contributed by atoms with E-state index in [1.807, 2.05) is 0 Å². The Morgan fingerprint density at radius 2 is 1.60 bits per heavy atom. The van der Waals surface area contributed by atoms with Gasteiger partial charge in [0.1, 0.15) is 0 Å². The van der Waals surface area contributed by atoms with Crippen molar-refractivity contribution in [2.24, 2.45) is 5.73 Å². The molecule has 0 bridgehead atoms. The molecule has 0 saturated carbocycles. The van der Waals surface area contributed by atoms with Crippen LogP contribution in [0.4, 0.5) is 0 Å². The lowest BCUT2D eigenvalue weighted by Crippen LogP contribution is -2.19. The summed E-state index contributed by atoms with van der Waals surface area (Å²) in [7, 11) is 0. The molecule has 2 N–H and O–H groups in total. The molecule has 0 rings (SSSR count). The molecule has 1 heteroatoms. The molecule has 0 spiro atoms. The van der Waals surface area contributed by atoms with Gasteiger partial charge in [-0.1, -0.05) is 57.4 Å². The Bertz CT molecular complexity index is 151. The molecule has 0 heterocycles. The first kappa shape index (κ1) is 14.7. The minimum atomic E-state index is 0.346. The maximum Gasteiger partial charge on any atom is 0.00758 e. The molecule has 0 amide bonds. The van der Waals surface area contributed by atoms with E-state index >= 15 is 0 Å². The van der Waals surface area contributed by atoms with Gasteiger partial charge < -0.3 is 5.73 Å². The van der Waals surface area contributed by atoms with Crippen molar-refractivity contribution in [3.8, 4) is 0 Å². The quantitative estimate of drug-likeness (QED) is 0.420. The lowest BCUT2D eigenvalue weighted by Gasteiger charge is -2.10. The Morgan fingerprint density at radius 3 is 2.13 bits per heavy atom. The van der Waals surface area contributed by atoms with E-state index in [4.69, 9.17) is 5.73 Å². The van der Waals surface area contributed by atoms with E-state index in [0.717, 1.165) is 6.42 Å². The van der Waals surface area contributed by atoms with Crippen molar-refractivity contribution >= 4 is 0 Å². The molecule has 1 unspecified atom stereocenters. The molecular weight excluding hydrogens is 182 g/mol. The zero-order valence-electron chi connectivity index (χ0n) is 10.7. The fraction of sp³-hybridized carbons (Fsp3) is 0.857. The van der Waals surface area contributed by atoms with Crippen LogP contribution in [0.5, 0.6) is 0 Å². The minimum Gasteiger partial charge on any atom is -0.327 e. The Balaban J connectivity index is 3.13. The van der Waals surface area contributed by atoms with Crippen LogP contribution in [-0.2, 0) is 0 Å². The smallest absolute Gasteiger partial charge is 0.00758 e. The number of hydrogen-bond acceptors (Lipinski definition) is 1. The second-order valence-corrected chi connectivity index (χ2v) is 4.83. The van der Waals surface area contributed by atoms with Gasteiger partial charge >= 0.3 is 0 Å². The molecule has 0 radical (unpaired) electrons. The average molecular weight is 211 g/mol. The SMILES string of the molecule is C=C(C)CC(N)CCCCCCCCC. The summed E-state index contributed by atoms with van der Waals surface area (Å²) in [5, 5.41) is 0. The zero-order chi connectivity index (χ0) is 11.5. The molecule has 0 fully saturated rings. The van der Waals surface area contributed by atoms with Crippen LogP contribution in [0.25, 0.3) is 0 Å². The summed E-state index contributed by atoms with van der Waals surface area (Å²) in [5.41, 5.74) is 7.19. The van der Waals surface area contributed by atoms with Gasteiger partial charge in [-0.3, -0.25) is 0 Å². The normalized spacial score (nSPS) is 12.7. The van der Waals surface area contributed by atoms with Crippen LogP contribution in [0.3, 0.4) is 0 Å². The molecule has 0 saturated heterocycles. The standard InChI is InChI=1S/C14H29N/c1-4-5-6-7-8-9-10-11-14(15)12-13(2)3/h14H,2,4-12,15H2,1,3H3.